The van der Waals surface area contributed by atoms with Crippen LogP contribution in [-0.2, 0) is 4.74 Å². The van der Waals surface area contributed by atoms with Crippen molar-refractivity contribution < 1.29 is 4.74 Å². The van der Waals surface area contributed by atoms with Crippen molar-refractivity contribution in [1.82, 2.24) is 33.7 Å². The molecule has 4 heterocycles. The Hall–Kier alpha value is -2.98. The van der Waals surface area contributed by atoms with Gasteiger partial charge in [0.05, 0.1) is 30.1 Å². The molecule has 162 valence electrons. The molecule has 0 aromatic carbocycles. The first-order chi connectivity index (χ1) is 15.0. The molecule has 0 saturated heterocycles. The molecule has 10 heteroatoms. The zero-order valence-electron chi connectivity index (χ0n) is 18.1. The minimum absolute atomic E-state index is 0.314. The van der Waals surface area contributed by atoms with Gasteiger partial charge in [-0.2, -0.15) is 5.10 Å². The van der Waals surface area contributed by atoms with Crippen molar-refractivity contribution in [3.8, 4) is 11.4 Å². The lowest BCUT2D eigenvalue weighted by molar-refractivity contribution is 0.164. The van der Waals surface area contributed by atoms with Crippen molar-refractivity contribution >= 4 is 34.6 Å². The molecule has 0 aliphatic heterocycles. The van der Waals surface area contributed by atoms with Gasteiger partial charge in [-0.25, -0.2) is 24.0 Å². The largest absolute Gasteiger partial charge is 0.381 e. The number of aryl methyl sites for hydroxylation is 1. The van der Waals surface area contributed by atoms with Gasteiger partial charge in [-0.1, -0.05) is 0 Å². The van der Waals surface area contributed by atoms with Crippen LogP contribution < -0.4 is 5.32 Å². The van der Waals surface area contributed by atoms with Crippen LogP contribution in [0.2, 0.25) is 0 Å². The predicted molar refractivity (Wildman–Crippen MR) is 124 cm³/mol. The van der Waals surface area contributed by atoms with Gasteiger partial charge in [0.2, 0.25) is 0 Å². The SMILES string of the molecule is CCOCCSn1cc(-c2nccc(Nc3cc4c(cn3)nc(C)n4C(C)C)n2)cn1. The van der Waals surface area contributed by atoms with E-state index in [4.69, 9.17) is 4.74 Å². The lowest BCUT2D eigenvalue weighted by Gasteiger charge is -2.11. The third-order valence-corrected chi connectivity index (χ3v) is 5.47. The molecule has 4 aromatic rings. The summed E-state index contributed by atoms with van der Waals surface area (Å²) in [5, 5.41) is 7.65. The number of hydrogen-bond acceptors (Lipinski definition) is 8. The third kappa shape index (κ3) is 4.86. The van der Waals surface area contributed by atoms with Crippen LogP contribution in [0.1, 0.15) is 32.6 Å². The lowest BCUT2D eigenvalue weighted by Crippen LogP contribution is -2.03. The van der Waals surface area contributed by atoms with Crippen LogP contribution in [0.15, 0.2) is 36.9 Å². The maximum absolute atomic E-state index is 5.36. The number of rotatable bonds is 9. The molecule has 0 atom stereocenters. The third-order valence-electron chi connectivity index (χ3n) is 4.65. The predicted octanol–water partition coefficient (Wildman–Crippen LogP) is 4.25. The molecule has 0 amide bonds. The quantitative estimate of drug-likeness (QED) is 0.388. The molecule has 31 heavy (non-hydrogen) atoms. The molecule has 0 spiro atoms. The Bertz CT molecular complexity index is 1170. The topological polar surface area (TPSA) is 95.6 Å². The Labute approximate surface area is 185 Å². The van der Waals surface area contributed by atoms with Crippen LogP contribution in [0, 0.1) is 6.92 Å². The van der Waals surface area contributed by atoms with Crippen LogP contribution >= 0.6 is 11.9 Å². The highest BCUT2D eigenvalue weighted by atomic mass is 32.2. The fraction of sp³-hybridized carbons (Fsp3) is 0.381. The second-order valence-electron chi connectivity index (χ2n) is 7.23. The Balaban J connectivity index is 1.51. The molecule has 4 aromatic heterocycles. The average molecular weight is 439 g/mol. The summed E-state index contributed by atoms with van der Waals surface area (Å²) in [6, 6.07) is 4.14. The van der Waals surface area contributed by atoms with E-state index >= 15 is 0 Å². The Morgan fingerprint density at radius 2 is 2.03 bits per heavy atom. The standard InChI is InChI=1S/C21H26N8OS/c1-5-30-8-9-31-28-13-16(11-24-28)21-22-7-6-19(27-21)26-20-10-18-17(12-23-20)25-15(4)29(18)14(2)3/h6-7,10-14H,5,8-9H2,1-4H3,(H,22,23,26,27). The maximum Gasteiger partial charge on any atom is 0.164 e. The molecule has 0 aliphatic carbocycles. The van der Waals surface area contributed by atoms with Gasteiger partial charge >= 0.3 is 0 Å². The summed E-state index contributed by atoms with van der Waals surface area (Å²) in [6.45, 7) is 9.71. The highest BCUT2D eigenvalue weighted by molar-refractivity contribution is 7.97. The average Bonchev–Trinajstić information content (AvgIpc) is 3.35. The second-order valence-corrected chi connectivity index (χ2v) is 8.27. The molecular weight excluding hydrogens is 412 g/mol. The molecule has 1 N–H and O–H groups in total. The van der Waals surface area contributed by atoms with Crippen LogP contribution in [0.25, 0.3) is 22.4 Å². The van der Waals surface area contributed by atoms with Crippen LogP contribution in [-0.4, -0.2) is 52.7 Å². The van der Waals surface area contributed by atoms with Gasteiger partial charge < -0.3 is 14.6 Å². The first-order valence-electron chi connectivity index (χ1n) is 10.3. The van der Waals surface area contributed by atoms with Crippen LogP contribution in [0.5, 0.6) is 0 Å². The van der Waals surface area contributed by atoms with Crippen molar-refractivity contribution in [2.24, 2.45) is 0 Å². The van der Waals surface area contributed by atoms with Crippen molar-refractivity contribution in [2.45, 2.75) is 33.7 Å². The summed E-state index contributed by atoms with van der Waals surface area (Å²) in [4.78, 5) is 18.1. The minimum atomic E-state index is 0.314. The van der Waals surface area contributed by atoms with Gasteiger partial charge in [-0.15, -0.1) is 0 Å². The van der Waals surface area contributed by atoms with Crippen molar-refractivity contribution in [2.75, 3.05) is 24.3 Å². The summed E-state index contributed by atoms with van der Waals surface area (Å²) < 4.78 is 9.37. The highest BCUT2D eigenvalue weighted by Gasteiger charge is 2.12. The molecule has 9 nitrogen and oxygen atoms in total. The molecule has 0 unspecified atom stereocenters. The lowest BCUT2D eigenvalue weighted by atomic mass is 10.3. The van der Waals surface area contributed by atoms with Crippen LogP contribution in [0.3, 0.4) is 0 Å². The molecule has 4 rings (SSSR count). The van der Waals surface area contributed by atoms with E-state index in [0.717, 1.165) is 34.8 Å². The van der Waals surface area contributed by atoms with E-state index in [1.54, 1.807) is 30.5 Å². The van der Waals surface area contributed by atoms with Crippen molar-refractivity contribution in [3.05, 3.63) is 42.7 Å². The minimum Gasteiger partial charge on any atom is -0.381 e. The zero-order chi connectivity index (χ0) is 21.8. The fourth-order valence-corrected chi connectivity index (χ4v) is 4.04. The van der Waals surface area contributed by atoms with E-state index in [-0.39, 0.29) is 0 Å². The highest BCUT2D eigenvalue weighted by Crippen LogP contribution is 2.24. The maximum atomic E-state index is 5.36. The van der Waals surface area contributed by atoms with E-state index in [1.165, 1.54) is 0 Å². The Morgan fingerprint density at radius 1 is 1.16 bits per heavy atom. The van der Waals surface area contributed by atoms with Crippen molar-refractivity contribution in [1.29, 1.82) is 0 Å². The van der Waals surface area contributed by atoms with Gasteiger partial charge in [0.25, 0.3) is 0 Å². The van der Waals surface area contributed by atoms with E-state index in [0.29, 0.717) is 30.1 Å². The van der Waals surface area contributed by atoms with Gasteiger partial charge in [0.1, 0.15) is 23.0 Å². The number of fused-ring (bicyclic) bond motifs is 1. The summed E-state index contributed by atoms with van der Waals surface area (Å²) in [6.07, 6.45) is 7.20. The Kier molecular flexibility index (Phi) is 6.47. The number of pyridine rings is 1. The summed E-state index contributed by atoms with van der Waals surface area (Å²) in [5.74, 6) is 3.79. The number of nitrogens with one attached hydrogen (secondary N) is 1. The van der Waals surface area contributed by atoms with E-state index in [2.05, 4.69) is 48.8 Å². The normalized spacial score (nSPS) is 11.5. The first-order valence-corrected chi connectivity index (χ1v) is 11.2. The number of nitrogens with zero attached hydrogens (tertiary/aromatic N) is 7. The fourth-order valence-electron chi connectivity index (χ4n) is 3.36. The zero-order valence-corrected chi connectivity index (χ0v) is 18.9. The monoisotopic (exact) mass is 438 g/mol. The second kappa shape index (κ2) is 9.44. The van der Waals surface area contributed by atoms with Gasteiger partial charge in [-0.3, -0.25) is 0 Å². The van der Waals surface area contributed by atoms with E-state index in [1.807, 2.05) is 36.3 Å². The number of anilines is 2. The van der Waals surface area contributed by atoms with E-state index < -0.39 is 0 Å². The number of aromatic nitrogens is 7. The molecule has 0 radical (unpaired) electrons. The first kappa shape index (κ1) is 21.3. The molecule has 0 aliphatic rings. The number of imidazole rings is 1. The number of ether oxygens (including phenoxy) is 1. The summed E-state index contributed by atoms with van der Waals surface area (Å²) >= 11 is 1.58. The smallest absolute Gasteiger partial charge is 0.164 e. The molecule has 0 saturated carbocycles. The summed E-state index contributed by atoms with van der Waals surface area (Å²) in [7, 11) is 0. The Morgan fingerprint density at radius 3 is 2.84 bits per heavy atom. The van der Waals surface area contributed by atoms with Crippen molar-refractivity contribution in [3.63, 3.8) is 0 Å². The summed E-state index contributed by atoms with van der Waals surface area (Å²) in [5.41, 5.74) is 2.78. The van der Waals surface area contributed by atoms with E-state index in [9.17, 15) is 0 Å². The van der Waals surface area contributed by atoms with Crippen LogP contribution in [0.4, 0.5) is 11.6 Å². The molecular formula is C21H26N8OS. The van der Waals surface area contributed by atoms with Gasteiger partial charge in [0, 0.05) is 36.9 Å². The number of hydrogen-bond donors (Lipinski definition) is 1. The molecule has 0 bridgehead atoms. The van der Waals surface area contributed by atoms with Gasteiger partial charge in [0.15, 0.2) is 5.82 Å². The van der Waals surface area contributed by atoms with Gasteiger partial charge in [-0.05, 0) is 45.7 Å². The molecule has 0 fully saturated rings.